The molecule has 0 atom stereocenters. The Morgan fingerprint density at radius 1 is 1.19 bits per heavy atom. The van der Waals surface area contributed by atoms with E-state index in [0.717, 1.165) is 18.2 Å². The molecule has 0 spiro atoms. The van der Waals surface area contributed by atoms with Gasteiger partial charge in [0.05, 0.1) is 21.7 Å². The maximum atomic E-state index is 13.2. The van der Waals surface area contributed by atoms with Crippen molar-refractivity contribution in [1.82, 2.24) is 0 Å². The largest absolute Gasteiger partial charge is 0.506 e. The van der Waals surface area contributed by atoms with Crippen molar-refractivity contribution in [2.75, 3.05) is 0 Å². The second-order valence-electron chi connectivity index (χ2n) is 4.13. The Labute approximate surface area is 125 Å². The fourth-order valence-electron chi connectivity index (χ4n) is 1.88. The summed E-state index contributed by atoms with van der Waals surface area (Å²) >= 11 is 2.66. The monoisotopic (exact) mass is 359 g/mol. The topological polar surface area (TPSA) is 44.0 Å². The second-order valence-corrected chi connectivity index (χ2v) is 4.92. The van der Waals surface area contributed by atoms with Crippen LogP contribution in [-0.2, 0) is 6.18 Å². The molecule has 0 unspecified atom stereocenters. The number of hydrogen-bond acceptors (Lipinski definition) is 2. The summed E-state index contributed by atoms with van der Waals surface area (Å²) in [4.78, 5) is 0. The summed E-state index contributed by atoms with van der Waals surface area (Å²) in [5.41, 5.74) is -1.82. The summed E-state index contributed by atoms with van der Waals surface area (Å²) in [6.45, 7) is 0. The average molecular weight is 360 g/mol. The lowest BCUT2D eigenvalue weighted by molar-refractivity contribution is -0.138. The third-order valence-electron chi connectivity index (χ3n) is 2.78. The van der Waals surface area contributed by atoms with Crippen molar-refractivity contribution in [3.05, 3.63) is 51.7 Å². The van der Waals surface area contributed by atoms with Gasteiger partial charge in [-0.2, -0.15) is 18.4 Å². The predicted octanol–water partition coefficient (Wildman–Crippen LogP) is 4.85. The number of halogens is 5. The molecule has 0 heterocycles. The van der Waals surface area contributed by atoms with Crippen LogP contribution in [0.25, 0.3) is 11.1 Å². The molecule has 0 fully saturated rings. The minimum Gasteiger partial charge on any atom is -0.506 e. The lowest BCUT2D eigenvalue weighted by Crippen LogP contribution is -2.09. The van der Waals surface area contributed by atoms with E-state index in [0.29, 0.717) is 0 Å². The number of nitriles is 1. The van der Waals surface area contributed by atoms with Gasteiger partial charge in [0.25, 0.3) is 0 Å². The number of benzene rings is 2. The molecule has 1 N–H and O–H groups in total. The van der Waals surface area contributed by atoms with Crippen LogP contribution in [0.2, 0.25) is 0 Å². The molecule has 0 bridgehead atoms. The van der Waals surface area contributed by atoms with Gasteiger partial charge in [0.15, 0.2) is 0 Å². The summed E-state index contributed by atoms with van der Waals surface area (Å²) in [6, 6.07) is 7.30. The Morgan fingerprint density at radius 3 is 2.38 bits per heavy atom. The first-order valence-electron chi connectivity index (χ1n) is 5.54. The van der Waals surface area contributed by atoms with Gasteiger partial charge in [-0.15, -0.1) is 0 Å². The van der Waals surface area contributed by atoms with Gasteiger partial charge >= 0.3 is 6.18 Å². The molecule has 0 saturated heterocycles. The molecule has 2 aromatic carbocycles. The van der Waals surface area contributed by atoms with Crippen LogP contribution < -0.4 is 0 Å². The molecule has 0 aliphatic carbocycles. The standard InChI is InChI=1S/C14H6BrF4NO/c15-12-11(14(17,18)19)8(6-20)5-10(13(12)21)7-2-1-3-9(16)4-7/h1-5,21H. The molecule has 0 saturated carbocycles. The molecule has 0 aliphatic heterocycles. The quantitative estimate of drug-likeness (QED) is 0.739. The third kappa shape index (κ3) is 2.85. The Kier molecular flexibility index (Phi) is 3.92. The molecule has 0 aliphatic rings. The molecule has 0 aromatic heterocycles. The zero-order valence-electron chi connectivity index (χ0n) is 10.2. The zero-order valence-corrected chi connectivity index (χ0v) is 11.8. The molecule has 7 heteroatoms. The molecule has 2 aromatic rings. The minimum absolute atomic E-state index is 0.0640. The summed E-state index contributed by atoms with van der Waals surface area (Å²) in [6.07, 6.45) is -4.80. The fourth-order valence-corrected chi connectivity index (χ4v) is 2.53. The van der Waals surface area contributed by atoms with Crippen molar-refractivity contribution in [3.63, 3.8) is 0 Å². The maximum absolute atomic E-state index is 13.2. The molecular formula is C14H6BrF4NO. The summed E-state index contributed by atoms with van der Waals surface area (Å²) in [5, 5.41) is 18.8. The highest BCUT2D eigenvalue weighted by molar-refractivity contribution is 9.10. The van der Waals surface area contributed by atoms with Gasteiger partial charge in [-0.05, 0) is 39.7 Å². The first kappa shape index (κ1) is 15.3. The Morgan fingerprint density at radius 2 is 1.86 bits per heavy atom. The van der Waals surface area contributed by atoms with Crippen LogP contribution in [0.1, 0.15) is 11.1 Å². The fraction of sp³-hybridized carbons (Fsp3) is 0.0714. The first-order chi connectivity index (χ1) is 9.75. The van der Waals surface area contributed by atoms with Crippen LogP contribution in [0, 0.1) is 17.1 Å². The van der Waals surface area contributed by atoms with Crippen LogP contribution in [-0.4, -0.2) is 5.11 Å². The molecule has 2 rings (SSSR count). The van der Waals surface area contributed by atoms with Gasteiger partial charge in [-0.3, -0.25) is 0 Å². The van der Waals surface area contributed by atoms with Crippen molar-refractivity contribution in [2.45, 2.75) is 6.18 Å². The van der Waals surface area contributed by atoms with Gasteiger partial charge < -0.3 is 5.11 Å². The van der Waals surface area contributed by atoms with Gasteiger partial charge in [-0.1, -0.05) is 12.1 Å². The lowest BCUT2D eigenvalue weighted by Gasteiger charge is -2.15. The van der Waals surface area contributed by atoms with E-state index in [1.807, 2.05) is 0 Å². The van der Waals surface area contributed by atoms with Crippen LogP contribution in [0.15, 0.2) is 34.8 Å². The van der Waals surface area contributed by atoms with Crippen LogP contribution in [0.5, 0.6) is 5.75 Å². The van der Waals surface area contributed by atoms with E-state index < -0.39 is 33.3 Å². The molecule has 0 radical (unpaired) electrons. The summed E-state index contributed by atoms with van der Waals surface area (Å²) < 4.78 is 51.3. The van der Waals surface area contributed by atoms with Gasteiger partial charge in [-0.25, -0.2) is 4.39 Å². The average Bonchev–Trinajstić information content (AvgIpc) is 2.40. The van der Waals surface area contributed by atoms with E-state index >= 15 is 0 Å². The van der Waals surface area contributed by atoms with Gasteiger partial charge in [0.2, 0.25) is 0 Å². The Balaban J connectivity index is 2.78. The second kappa shape index (κ2) is 5.37. The van der Waals surface area contributed by atoms with Crippen LogP contribution in [0.3, 0.4) is 0 Å². The lowest BCUT2D eigenvalue weighted by atomic mass is 9.98. The van der Waals surface area contributed by atoms with Crippen molar-refractivity contribution in [3.8, 4) is 22.9 Å². The number of phenolic OH excluding ortho intramolecular Hbond substituents is 1. The van der Waals surface area contributed by atoms with E-state index in [1.165, 1.54) is 18.2 Å². The number of phenols is 1. The molecule has 21 heavy (non-hydrogen) atoms. The number of alkyl halides is 3. The van der Waals surface area contributed by atoms with E-state index in [9.17, 15) is 22.7 Å². The van der Waals surface area contributed by atoms with E-state index in [1.54, 1.807) is 0 Å². The SMILES string of the molecule is N#Cc1cc(-c2cccc(F)c2)c(O)c(Br)c1C(F)(F)F. The molecule has 2 nitrogen and oxygen atoms in total. The number of rotatable bonds is 1. The third-order valence-corrected chi connectivity index (χ3v) is 3.55. The normalized spacial score (nSPS) is 11.2. The number of aromatic hydroxyl groups is 1. The Bertz CT molecular complexity index is 750. The summed E-state index contributed by atoms with van der Waals surface area (Å²) in [5.74, 6) is -1.31. The predicted molar refractivity (Wildman–Crippen MR) is 70.9 cm³/mol. The van der Waals surface area contributed by atoms with E-state index in [2.05, 4.69) is 15.9 Å². The minimum atomic E-state index is -4.80. The van der Waals surface area contributed by atoms with Crippen molar-refractivity contribution < 1.29 is 22.7 Å². The summed E-state index contributed by atoms with van der Waals surface area (Å²) in [7, 11) is 0. The molecular weight excluding hydrogens is 354 g/mol. The number of hydrogen-bond donors (Lipinski definition) is 1. The zero-order chi connectivity index (χ0) is 15.8. The van der Waals surface area contributed by atoms with Crippen LogP contribution >= 0.6 is 15.9 Å². The van der Waals surface area contributed by atoms with Crippen molar-refractivity contribution in [1.29, 1.82) is 5.26 Å². The Hall–Kier alpha value is -2.07. The van der Waals surface area contributed by atoms with Crippen molar-refractivity contribution in [2.24, 2.45) is 0 Å². The first-order valence-corrected chi connectivity index (χ1v) is 6.33. The van der Waals surface area contributed by atoms with Crippen molar-refractivity contribution >= 4 is 15.9 Å². The number of nitrogens with zero attached hydrogens (tertiary/aromatic N) is 1. The van der Waals surface area contributed by atoms with Gasteiger partial charge in [0.1, 0.15) is 11.6 Å². The van der Waals surface area contributed by atoms with Crippen LogP contribution in [0.4, 0.5) is 17.6 Å². The molecule has 108 valence electrons. The highest BCUT2D eigenvalue weighted by atomic mass is 79.9. The van der Waals surface area contributed by atoms with E-state index in [-0.39, 0.29) is 11.1 Å². The smallest absolute Gasteiger partial charge is 0.418 e. The maximum Gasteiger partial charge on any atom is 0.418 e. The highest BCUT2D eigenvalue weighted by Crippen LogP contribution is 2.45. The molecule has 0 amide bonds. The highest BCUT2D eigenvalue weighted by Gasteiger charge is 2.38. The van der Waals surface area contributed by atoms with E-state index in [4.69, 9.17) is 5.26 Å². The van der Waals surface area contributed by atoms with Gasteiger partial charge in [0, 0.05) is 5.56 Å².